The van der Waals surface area contributed by atoms with Crippen molar-refractivity contribution in [3.05, 3.63) is 39.7 Å². The maximum atomic E-state index is 14.2. The summed E-state index contributed by atoms with van der Waals surface area (Å²) in [5, 5.41) is 17.1. The van der Waals surface area contributed by atoms with E-state index in [-0.39, 0.29) is 35.4 Å². The normalized spacial score (nSPS) is 24.1. The number of carboxylic acid groups (broad SMARTS) is 1. The molecule has 1 N–H and O–H groups in total. The number of aliphatic carboxylic acids is 1. The number of nitrogens with zero attached hydrogens (tertiary/aromatic N) is 5. The molecule has 1 aromatic carbocycles. The van der Waals surface area contributed by atoms with E-state index in [1.54, 1.807) is 22.8 Å². The van der Waals surface area contributed by atoms with Crippen LogP contribution in [0.4, 0.5) is 17.6 Å². The predicted octanol–water partition coefficient (Wildman–Crippen LogP) is 5.17. The fourth-order valence-corrected chi connectivity index (χ4v) is 6.78. The molecule has 5 rings (SSSR count). The highest BCUT2D eigenvalue weighted by molar-refractivity contribution is 6.31. The molecule has 1 saturated heterocycles. The molecular weight excluding hydrogens is 598 g/mol. The van der Waals surface area contributed by atoms with Gasteiger partial charge >= 0.3 is 12.5 Å². The Balaban J connectivity index is 1.53. The highest BCUT2D eigenvalue weighted by Crippen LogP contribution is 2.46. The summed E-state index contributed by atoms with van der Waals surface area (Å²) in [4.78, 5) is 42.4. The number of carboxylic acids is 1. The second-order valence-electron chi connectivity index (χ2n) is 11.4. The molecule has 2 aliphatic heterocycles. The Bertz CT molecular complexity index is 1410. The van der Waals surface area contributed by atoms with Crippen molar-refractivity contribution >= 4 is 29.4 Å². The Hall–Kier alpha value is -3.42. The molecule has 3 aliphatic rings. The van der Waals surface area contributed by atoms with E-state index >= 15 is 0 Å². The van der Waals surface area contributed by atoms with Crippen LogP contribution in [0.2, 0.25) is 5.02 Å². The largest absolute Gasteiger partial charge is 0.487 e. The van der Waals surface area contributed by atoms with Crippen LogP contribution in [0, 0.1) is 11.3 Å². The van der Waals surface area contributed by atoms with Gasteiger partial charge in [0.1, 0.15) is 18.1 Å². The third-order valence-electron chi connectivity index (χ3n) is 8.89. The first-order chi connectivity index (χ1) is 20.4. The molecular formula is C28H32ClF4N5O5. The SMILES string of the molecule is C[C@]1(C(=O)O)CCCC[C@H]1C(=O)N1CCc2c(Cl)ccc(OCc3nn(C(F)F)nc3C(F)F)c2C1CN1CCCC1=O. The number of carbonyl (C=O) groups is 3. The van der Waals surface area contributed by atoms with Crippen molar-refractivity contribution in [1.82, 2.24) is 24.8 Å². The Morgan fingerprint density at radius 1 is 1.14 bits per heavy atom. The topological polar surface area (TPSA) is 118 Å². The van der Waals surface area contributed by atoms with E-state index in [0.717, 1.165) is 0 Å². The van der Waals surface area contributed by atoms with Crippen molar-refractivity contribution in [3.8, 4) is 5.75 Å². The first-order valence-corrected chi connectivity index (χ1v) is 14.6. The molecule has 0 spiro atoms. The highest BCUT2D eigenvalue weighted by atomic mass is 35.5. The summed E-state index contributed by atoms with van der Waals surface area (Å²) in [6.45, 7) is -1.49. The van der Waals surface area contributed by atoms with Crippen molar-refractivity contribution < 1.29 is 41.8 Å². The van der Waals surface area contributed by atoms with E-state index in [4.69, 9.17) is 16.3 Å². The number of fused-ring (bicyclic) bond motifs is 1. The average molecular weight is 630 g/mol. The summed E-state index contributed by atoms with van der Waals surface area (Å²) in [5.74, 6) is -2.13. The van der Waals surface area contributed by atoms with Gasteiger partial charge in [0.15, 0.2) is 5.69 Å². The number of carbonyl (C=O) groups excluding carboxylic acids is 2. The molecule has 1 aliphatic carbocycles. The first kappa shape index (κ1) is 31.0. The van der Waals surface area contributed by atoms with Gasteiger partial charge in [-0.25, -0.2) is 8.78 Å². The van der Waals surface area contributed by atoms with Crippen LogP contribution in [0.25, 0.3) is 0 Å². The number of alkyl halides is 4. The summed E-state index contributed by atoms with van der Waals surface area (Å²) in [7, 11) is 0. The summed E-state index contributed by atoms with van der Waals surface area (Å²) in [5.41, 5.74) is -1.59. The van der Waals surface area contributed by atoms with Gasteiger partial charge in [0, 0.05) is 36.6 Å². The maximum absolute atomic E-state index is 14.2. The molecule has 2 amide bonds. The quantitative estimate of drug-likeness (QED) is 0.380. The third kappa shape index (κ3) is 5.89. The Kier molecular flexibility index (Phi) is 8.87. The van der Waals surface area contributed by atoms with Gasteiger partial charge < -0.3 is 19.6 Å². The number of rotatable bonds is 9. The predicted molar refractivity (Wildman–Crippen MR) is 144 cm³/mol. The minimum absolute atomic E-state index is 0.0919. The fraction of sp³-hybridized carbons (Fsp3) is 0.607. The van der Waals surface area contributed by atoms with E-state index in [1.807, 2.05) is 0 Å². The van der Waals surface area contributed by atoms with E-state index < -0.39 is 54.3 Å². The molecule has 1 aromatic heterocycles. The zero-order chi connectivity index (χ0) is 31.1. The standard InChI is InChI=1S/C28H32ClF4N5O5/c1-28(26(41)42)10-3-2-5-16(28)25(40)37-12-9-15-17(29)7-8-20(22(15)19(37)13-36-11-4-6-21(36)39)43-14-18-23(24(30)31)35-38(34-18)27(32)33/h7-8,16,19,24,27H,2-6,9-14H2,1H3,(H,41,42)/t16-,19?,28-/m0/s1. The maximum Gasteiger partial charge on any atom is 0.348 e. The second-order valence-corrected chi connectivity index (χ2v) is 11.8. The molecule has 0 radical (unpaired) electrons. The lowest BCUT2D eigenvalue weighted by Crippen LogP contribution is -2.52. The third-order valence-corrected chi connectivity index (χ3v) is 9.24. The summed E-state index contributed by atoms with van der Waals surface area (Å²) < 4.78 is 59.3. The van der Waals surface area contributed by atoms with Crippen molar-refractivity contribution in [3.63, 3.8) is 0 Å². The number of ether oxygens (including phenoxy) is 1. The van der Waals surface area contributed by atoms with Crippen molar-refractivity contribution in [2.45, 2.75) is 77.5 Å². The van der Waals surface area contributed by atoms with Crippen LogP contribution in [-0.2, 0) is 27.4 Å². The molecule has 3 heterocycles. The van der Waals surface area contributed by atoms with Gasteiger partial charge in [-0.3, -0.25) is 14.4 Å². The molecule has 2 fully saturated rings. The number of aromatic nitrogens is 3. The van der Waals surface area contributed by atoms with Gasteiger partial charge in [0.2, 0.25) is 11.8 Å². The fourth-order valence-electron chi connectivity index (χ4n) is 6.52. The highest BCUT2D eigenvalue weighted by Gasteiger charge is 2.50. The van der Waals surface area contributed by atoms with Crippen LogP contribution >= 0.6 is 11.6 Å². The zero-order valence-corrected chi connectivity index (χ0v) is 24.2. The van der Waals surface area contributed by atoms with Gasteiger partial charge in [-0.15, -0.1) is 15.0 Å². The van der Waals surface area contributed by atoms with Gasteiger partial charge in [-0.1, -0.05) is 24.4 Å². The molecule has 234 valence electrons. The number of amides is 2. The number of likely N-dealkylation sites (tertiary alicyclic amines) is 1. The minimum Gasteiger partial charge on any atom is -0.487 e. The lowest BCUT2D eigenvalue weighted by Gasteiger charge is -2.45. The number of benzene rings is 1. The lowest BCUT2D eigenvalue weighted by atomic mass is 9.66. The number of hydrogen-bond acceptors (Lipinski definition) is 6. The molecule has 10 nitrogen and oxygen atoms in total. The lowest BCUT2D eigenvalue weighted by molar-refractivity contribution is -0.162. The van der Waals surface area contributed by atoms with Crippen molar-refractivity contribution in [2.75, 3.05) is 19.6 Å². The summed E-state index contributed by atoms with van der Waals surface area (Å²) in [6.07, 6.45) is 0.244. The minimum atomic E-state index is -3.23. The molecule has 3 atom stereocenters. The zero-order valence-electron chi connectivity index (χ0n) is 23.4. The van der Waals surface area contributed by atoms with Crippen LogP contribution in [0.3, 0.4) is 0 Å². The Labute approximate surface area is 249 Å². The van der Waals surface area contributed by atoms with Crippen LogP contribution in [0.15, 0.2) is 12.1 Å². The smallest absolute Gasteiger partial charge is 0.348 e. The second kappa shape index (κ2) is 12.3. The van der Waals surface area contributed by atoms with Gasteiger partial charge in [-0.2, -0.15) is 8.78 Å². The first-order valence-electron chi connectivity index (χ1n) is 14.2. The van der Waals surface area contributed by atoms with E-state index in [0.29, 0.717) is 67.6 Å². The van der Waals surface area contributed by atoms with E-state index in [2.05, 4.69) is 10.2 Å². The Morgan fingerprint density at radius 3 is 2.56 bits per heavy atom. The van der Waals surface area contributed by atoms with Crippen molar-refractivity contribution in [1.29, 1.82) is 0 Å². The van der Waals surface area contributed by atoms with Crippen LogP contribution in [-0.4, -0.2) is 67.3 Å². The van der Waals surface area contributed by atoms with Gasteiger partial charge in [0.25, 0.3) is 6.43 Å². The molecule has 2 aromatic rings. The average Bonchev–Trinajstić information content (AvgIpc) is 3.59. The summed E-state index contributed by atoms with van der Waals surface area (Å²) >= 11 is 6.58. The molecule has 1 unspecified atom stereocenters. The molecule has 1 saturated carbocycles. The van der Waals surface area contributed by atoms with Crippen LogP contribution in [0.1, 0.15) is 87.0 Å². The van der Waals surface area contributed by atoms with Gasteiger partial charge in [-0.05, 0) is 50.3 Å². The molecule has 0 bridgehead atoms. The number of hydrogen-bond donors (Lipinski definition) is 1. The van der Waals surface area contributed by atoms with Gasteiger partial charge in [0.05, 0.1) is 17.4 Å². The van der Waals surface area contributed by atoms with Crippen LogP contribution in [0.5, 0.6) is 5.75 Å². The number of halogens is 5. The molecule has 43 heavy (non-hydrogen) atoms. The summed E-state index contributed by atoms with van der Waals surface area (Å²) in [6, 6.07) is 2.27. The van der Waals surface area contributed by atoms with Crippen molar-refractivity contribution in [2.24, 2.45) is 11.3 Å². The molecule has 15 heteroatoms. The monoisotopic (exact) mass is 629 g/mol. The Morgan fingerprint density at radius 2 is 1.91 bits per heavy atom. The van der Waals surface area contributed by atoms with E-state index in [9.17, 15) is 37.1 Å². The van der Waals surface area contributed by atoms with E-state index in [1.165, 1.54) is 6.07 Å². The van der Waals surface area contributed by atoms with Crippen LogP contribution < -0.4 is 4.74 Å².